The van der Waals surface area contributed by atoms with Crippen molar-refractivity contribution in [2.24, 2.45) is 0 Å². The Balaban J connectivity index is 1.79. The largest absolute Gasteiger partial charge is 0.322 e. The van der Waals surface area contributed by atoms with Crippen molar-refractivity contribution in [2.45, 2.75) is 13.5 Å². The fourth-order valence-electron chi connectivity index (χ4n) is 2.82. The highest BCUT2D eigenvalue weighted by Crippen LogP contribution is 2.23. The molecule has 3 aromatic carbocycles. The highest BCUT2D eigenvalue weighted by molar-refractivity contribution is 7.92. The summed E-state index contributed by atoms with van der Waals surface area (Å²) in [6, 6.07) is 17.7. The van der Waals surface area contributed by atoms with Crippen molar-refractivity contribution in [1.82, 2.24) is 0 Å². The minimum Gasteiger partial charge on any atom is -0.322 e. The topological polar surface area (TPSA) is 66.5 Å². The normalized spacial score (nSPS) is 11.2. The van der Waals surface area contributed by atoms with Crippen molar-refractivity contribution >= 4 is 38.9 Å². The number of benzene rings is 3. The number of nitrogens with one attached hydrogen (secondary N) is 1. The molecule has 0 fully saturated rings. The molecule has 1 N–H and O–H groups in total. The van der Waals surface area contributed by atoms with Gasteiger partial charge in [0.2, 0.25) is 10.0 Å². The molecule has 0 unspecified atom stereocenters. The van der Waals surface area contributed by atoms with Crippen molar-refractivity contribution in [3.8, 4) is 0 Å². The first-order valence-electron chi connectivity index (χ1n) is 9.03. The molecule has 0 bridgehead atoms. The highest BCUT2D eigenvalue weighted by Gasteiger charge is 2.18. The van der Waals surface area contributed by atoms with E-state index in [9.17, 15) is 17.6 Å². The van der Waals surface area contributed by atoms with E-state index in [4.69, 9.17) is 11.6 Å². The molecule has 3 aromatic rings. The van der Waals surface area contributed by atoms with Gasteiger partial charge in [-0.3, -0.25) is 9.10 Å². The number of hydrogen-bond donors (Lipinski definition) is 1. The Kier molecular flexibility index (Phi) is 6.43. The molecule has 0 spiro atoms. The third-order valence-corrected chi connectivity index (χ3v) is 5.87. The molecule has 5 nitrogen and oxygen atoms in total. The lowest BCUT2D eigenvalue weighted by molar-refractivity contribution is 0.102. The Morgan fingerprint density at radius 2 is 1.67 bits per heavy atom. The van der Waals surface area contributed by atoms with Crippen molar-refractivity contribution in [1.29, 1.82) is 0 Å². The van der Waals surface area contributed by atoms with Gasteiger partial charge in [-0.15, -0.1) is 0 Å². The lowest BCUT2D eigenvalue weighted by Crippen LogP contribution is -2.29. The van der Waals surface area contributed by atoms with E-state index in [0.717, 1.165) is 23.4 Å². The Hall–Kier alpha value is -2.90. The third kappa shape index (κ3) is 5.37. The molecule has 0 aliphatic heterocycles. The van der Waals surface area contributed by atoms with Crippen LogP contribution in [0.2, 0.25) is 5.02 Å². The second-order valence-electron chi connectivity index (χ2n) is 6.89. The SMILES string of the molecule is Cc1ccc(CN(c2ccc(C(=O)Nc3ccc(F)c(Cl)c3)cc2)S(C)(=O)=O)cc1. The van der Waals surface area contributed by atoms with Crippen LogP contribution in [-0.2, 0) is 16.6 Å². The monoisotopic (exact) mass is 446 g/mol. The van der Waals surface area contributed by atoms with E-state index in [-0.39, 0.29) is 11.6 Å². The van der Waals surface area contributed by atoms with Crippen molar-refractivity contribution in [3.05, 3.63) is 94.3 Å². The number of carbonyl (C=O) groups is 1. The summed E-state index contributed by atoms with van der Waals surface area (Å²) < 4.78 is 39.2. The molecule has 0 radical (unpaired) electrons. The van der Waals surface area contributed by atoms with E-state index < -0.39 is 21.7 Å². The molecule has 0 saturated carbocycles. The van der Waals surface area contributed by atoms with Crippen LogP contribution in [0.3, 0.4) is 0 Å². The van der Waals surface area contributed by atoms with E-state index in [0.29, 0.717) is 16.9 Å². The minimum atomic E-state index is -3.53. The number of sulfonamides is 1. The lowest BCUT2D eigenvalue weighted by Gasteiger charge is -2.23. The summed E-state index contributed by atoms with van der Waals surface area (Å²) in [4.78, 5) is 12.4. The maximum Gasteiger partial charge on any atom is 0.255 e. The molecule has 0 saturated heterocycles. The van der Waals surface area contributed by atoms with Crippen LogP contribution in [0.25, 0.3) is 0 Å². The summed E-state index contributed by atoms with van der Waals surface area (Å²) >= 11 is 5.73. The first-order valence-corrected chi connectivity index (χ1v) is 11.3. The minimum absolute atomic E-state index is 0.0944. The Morgan fingerprint density at radius 3 is 2.23 bits per heavy atom. The van der Waals surface area contributed by atoms with Crippen LogP contribution in [0.5, 0.6) is 0 Å². The van der Waals surface area contributed by atoms with Gasteiger partial charge in [0.25, 0.3) is 5.91 Å². The molecule has 0 aliphatic rings. The Labute approximate surface area is 180 Å². The second-order valence-corrected chi connectivity index (χ2v) is 9.20. The summed E-state index contributed by atoms with van der Waals surface area (Å²) in [6.45, 7) is 2.14. The molecular formula is C22H20ClFN2O3S. The summed E-state index contributed by atoms with van der Waals surface area (Å²) in [6.07, 6.45) is 1.14. The van der Waals surface area contributed by atoms with E-state index >= 15 is 0 Å². The van der Waals surface area contributed by atoms with Crippen LogP contribution < -0.4 is 9.62 Å². The zero-order valence-electron chi connectivity index (χ0n) is 16.4. The van der Waals surface area contributed by atoms with Gasteiger partial charge in [-0.1, -0.05) is 41.4 Å². The number of anilines is 2. The smallest absolute Gasteiger partial charge is 0.255 e. The summed E-state index contributed by atoms with van der Waals surface area (Å²) in [5, 5.41) is 2.53. The number of aryl methyl sites for hydroxylation is 1. The number of amides is 1. The van der Waals surface area contributed by atoms with Gasteiger partial charge in [0, 0.05) is 11.3 Å². The third-order valence-electron chi connectivity index (χ3n) is 4.44. The quantitative estimate of drug-likeness (QED) is 0.579. The molecule has 156 valence electrons. The average molecular weight is 447 g/mol. The number of halogens is 2. The predicted molar refractivity (Wildman–Crippen MR) is 118 cm³/mol. The van der Waals surface area contributed by atoms with Crippen molar-refractivity contribution in [3.63, 3.8) is 0 Å². The zero-order valence-corrected chi connectivity index (χ0v) is 18.0. The van der Waals surface area contributed by atoms with Crippen LogP contribution in [0, 0.1) is 12.7 Å². The Bertz CT molecular complexity index is 1160. The highest BCUT2D eigenvalue weighted by atomic mass is 35.5. The number of hydrogen-bond acceptors (Lipinski definition) is 3. The van der Waals surface area contributed by atoms with Gasteiger partial charge in [-0.25, -0.2) is 12.8 Å². The van der Waals surface area contributed by atoms with Crippen LogP contribution in [0.15, 0.2) is 66.7 Å². The fraction of sp³-hybridized carbons (Fsp3) is 0.136. The number of nitrogens with zero attached hydrogens (tertiary/aromatic N) is 1. The average Bonchev–Trinajstić information content (AvgIpc) is 2.69. The van der Waals surface area contributed by atoms with E-state index in [1.165, 1.54) is 28.6 Å². The van der Waals surface area contributed by atoms with Crippen LogP contribution in [0.4, 0.5) is 15.8 Å². The number of rotatable bonds is 6. The fourth-order valence-corrected chi connectivity index (χ4v) is 3.88. The van der Waals surface area contributed by atoms with E-state index in [2.05, 4.69) is 5.32 Å². The van der Waals surface area contributed by atoms with Crippen LogP contribution in [-0.4, -0.2) is 20.6 Å². The van der Waals surface area contributed by atoms with Crippen LogP contribution >= 0.6 is 11.6 Å². The maximum absolute atomic E-state index is 13.3. The molecule has 0 heterocycles. The molecule has 0 aromatic heterocycles. The summed E-state index contributed by atoms with van der Waals surface area (Å²) in [5.41, 5.74) is 3.05. The first-order chi connectivity index (χ1) is 14.1. The molecular weight excluding hydrogens is 427 g/mol. The molecule has 30 heavy (non-hydrogen) atoms. The molecule has 8 heteroatoms. The Morgan fingerprint density at radius 1 is 1.03 bits per heavy atom. The van der Waals surface area contributed by atoms with Gasteiger partial charge >= 0.3 is 0 Å². The second kappa shape index (κ2) is 8.85. The van der Waals surface area contributed by atoms with Crippen molar-refractivity contribution < 1.29 is 17.6 Å². The molecule has 0 atom stereocenters. The summed E-state index contributed by atoms with van der Waals surface area (Å²) in [5.74, 6) is -0.998. The van der Waals surface area contributed by atoms with Crippen LogP contribution in [0.1, 0.15) is 21.5 Å². The maximum atomic E-state index is 13.3. The van der Waals surface area contributed by atoms with Gasteiger partial charge < -0.3 is 5.32 Å². The molecule has 3 rings (SSSR count). The summed E-state index contributed by atoms with van der Waals surface area (Å²) in [7, 11) is -3.53. The van der Waals surface area contributed by atoms with Crippen molar-refractivity contribution in [2.75, 3.05) is 15.9 Å². The van der Waals surface area contributed by atoms with Gasteiger partial charge in [-0.05, 0) is 55.0 Å². The zero-order chi connectivity index (χ0) is 21.9. The molecule has 1 amide bonds. The standard InChI is InChI=1S/C22H20ClFN2O3S/c1-15-3-5-16(6-4-15)14-26(30(2,28)29)19-10-7-17(8-11-19)22(27)25-18-9-12-21(24)20(23)13-18/h3-13H,14H2,1-2H3,(H,25,27). The van der Waals surface area contributed by atoms with Gasteiger partial charge in [0.05, 0.1) is 23.5 Å². The molecule has 0 aliphatic carbocycles. The van der Waals surface area contributed by atoms with Gasteiger partial charge in [0.1, 0.15) is 5.82 Å². The van der Waals surface area contributed by atoms with E-state index in [1.54, 1.807) is 12.1 Å². The first kappa shape index (κ1) is 21.8. The number of carbonyl (C=O) groups excluding carboxylic acids is 1. The van der Waals surface area contributed by atoms with E-state index in [1.807, 2.05) is 31.2 Å². The predicted octanol–water partition coefficient (Wildman–Crippen LogP) is 5.01. The lowest BCUT2D eigenvalue weighted by atomic mass is 10.1. The van der Waals surface area contributed by atoms with Gasteiger partial charge in [0.15, 0.2) is 0 Å². The van der Waals surface area contributed by atoms with Gasteiger partial charge in [-0.2, -0.15) is 0 Å².